The number of Topliss-reactive ketones (excluding diaryl/α,β-unsaturated/α-hetero) is 1. The summed E-state index contributed by atoms with van der Waals surface area (Å²) in [5, 5.41) is 4.10. The summed E-state index contributed by atoms with van der Waals surface area (Å²) < 4.78 is 44.5. The van der Waals surface area contributed by atoms with E-state index >= 15 is 0 Å². The van der Waals surface area contributed by atoms with Crippen molar-refractivity contribution in [1.82, 2.24) is 20.0 Å². The van der Waals surface area contributed by atoms with Crippen molar-refractivity contribution in [3.63, 3.8) is 0 Å². The number of halogens is 3. The lowest BCUT2D eigenvalue weighted by molar-refractivity contribution is -0.137. The number of likely N-dealkylation sites (tertiary alicyclic amines) is 1. The Bertz CT molecular complexity index is 1330. The molecule has 2 aliphatic heterocycles. The van der Waals surface area contributed by atoms with Crippen LogP contribution in [-0.2, 0) is 19.1 Å². The lowest BCUT2D eigenvalue weighted by atomic mass is 9.97. The molecule has 0 amide bonds. The molecule has 5 rings (SSSR count). The maximum atomic E-state index is 13.2. The Hall–Kier alpha value is -3.60. The van der Waals surface area contributed by atoms with Crippen LogP contribution in [0.15, 0.2) is 40.1 Å². The van der Waals surface area contributed by atoms with Crippen LogP contribution in [-0.4, -0.2) is 44.6 Å². The molecule has 4 heterocycles. The summed E-state index contributed by atoms with van der Waals surface area (Å²) in [4.78, 5) is 28.1. The Morgan fingerprint density at radius 1 is 1.19 bits per heavy atom. The maximum absolute atomic E-state index is 13.2. The number of fused-ring (bicyclic) bond motifs is 1. The Morgan fingerprint density at radius 2 is 1.97 bits per heavy atom. The highest BCUT2D eigenvalue weighted by Crippen LogP contribution is 2.36. The molecule has 8 nitrogen and oxygen atoms in total. The summed E-state index contributed by atoms with van der Waals surface area (Å²) in [7, 11) is 0. The number of carbonyl (C=O) groups excluding carboxylic acids is 1. The van der Waals surface area contributed by atoms with Crippen LogP contribution in [0.5, 0.6) is 0 Å². The molecule has 0 radical (unpaired) electrons. The summed E-state index contributed by atoms with van der Waals surface area (Å²) >= 11 is 0. The largest absolute Gasteiger partial charge is 0.416 e. The molecular weight excluding hydrogens is 473 g/mol. The Balaban J connectivity index is 1.28. The highest BCUT2D eigenvalue weighted by molar-refractivity contribution is 6.04. The molecule has 1 saturated heterocycles. The fraction of sp³-hybridized carbons (Fsp3) is 0.400. The number of benzene rings is 1. The van der Waals surface area contributed by atoms with E-state index in [9.17, 15) is 18.0 Å². The topological polar surface area (TPSA) is 110 Å². The number of aromatic nitrogens is 3. The molecule has 0 bridgehead atoms. The van der Waals surface area contributed by atoms with E-state index in [4.69, 9.17) is 10.3 Å². The van der Waals surface area contributed by atoms with Gasteiger partial charge in [0.05, 0.1) is 22.7 Å². The number of nitrogen functional groups attached to an aromatic ring is 1. The quantitative estimate of drug-likeness (QED) is 0.470. The Kier molecular flexibility index (Phi) is 6.33. The first-order valence-electron chi connectivity index (χ1n) is 11.8. The lowest BCUT2D eigenvalue weighted by Gasteiger charge is -2.18. The van der Waals surface area contributed by atoms with Crippen molar-refractivity contribution in [2.24, 2.45) is 4.99 Å². The number of aliphatic imine (C=N–C) groups is 1. The molecule has 0 aliphatic carbocycles. The van der Waals surface area contributed by atoms with E-state index in [-0.39, 0.29) is 24.5 Å². The summed E-state index contributed by atoms with van der Waals surface area (Å²) in [6.45, 7) is 4.29. The standard InChI is InChI=1S/C25H25F3N6O2/c1-14(8-21(35)23-17(24(29)31-13-30-23)12-34-6-2-3-7-34)19-11-22(36-33-19)20-10-15-9-16(25(26,27)28)4-5-18(15)32-20/h4-5,9,11,13-14H,2-3,6-8,10,12H2,1H3,(H2,29,30,31)/t14-/m1/s1. The van der Waals surface area contributed by atoms with Crippen LogP contribution >= 0.6 is 0 Å². The summed E-state index contributed by atoms with van der Waals surface area (Å²) in [5.74, 6) is 0.229. The van der Waals surface area contributed by atoms with Crippen LogP contribution in [0.3, 0.4) is 0 Å². The average Bonchev–Trinajstić information content (AvgIpc) is 3.59. The smallest absolute Gasteiger partial charge is 0.383 e. The van der Waals surface area contributed by atoms with Gasteiger partial charge in [-0.1, -0.05) is 12.1 Å². The third kappa shape index (κ3) is 4.88. The zero-order valence-corrected chi connectivity index (χ0v) is 19.7. The minimum atomic E-state index is -4.41. The summed E-state index contributed by atoms with van der Waals surface area (Å²) in [6.07, 6.45) is -0.542. The normalized spacial score (nSPS) is 16.7. The van der Waals surface area contributed by atoms with Crippen LogP contribution in [0.2, 0.25) is 0 Å². The van der Waals surface area contributed by atoms with E-state index in [2.05, 4.69) is 25.0 Å². The highest BCUT2D eigenvalue weighted by atomic mass is 19.4. The van der Waals surface area contributed by atoms with Crippen molar-refractivity contribution >= 4 is 23.0 Å². The minimum absolute atomic E-state index is 0.136. The molecule has 2 aromatic heterocycles. The monoisotopic (exact) mass is 498 g/mol. The highest BCUT2D eigenvalue weighted by Gasteiger charge is 2.32. The first-order valence-corrected chi connectivity index (χ1v) is 11.8. The van der Waals surface area contributed by atoms with E-state index in [0.717, 1.165) is 38.1 Å². The maximum Gasteiger partial charge on any atom is 0.416 e. The molecule has 188 valence electrons. The van der Waals surface area contributed by atoms with Crippen LogP contribution in [0.25, 0.3) is 0 Å². The van der Waals surface area contributed by atoms with Gasteiger partial charge in [0.1, 0.15) is 17.8 Å². The van der Waals surface area contributed by atoms with Gasteiger partial charge in [-0.2, -0.15) is 13.2 Å². The first-order chi connectivity index (χ1) is 17.2. The predicted octanol–water partition coefficient (Wildman–Crippen LogP) is 4.71. The van der Waals surface area contributed by atoms with Crippen LogP contribution in [0.1, 0.15) is 70.7 Å². The number of alkyl halides is 3. The number of ketones is 1. The minimum Gasteiger partial charge on any atom is -0.383 e. The van der Waals surface area contributed by atoms with Gasteiger partial charge < -0.3 is 10.3 Å². The molecule has 1 aromatic carbocycles. The van der Waals surface area contributed by atoms with Gasteiger partial charge in [-0.25, -0.2) is 15.0 Å². The van der Waals surface area contributed by atoms with E-state index in [1.54, 1.807) is 6.07 Å². The molecule has 36 heavy (non-hydrogen) atoms. The fourth-order valence-electron chi connectivity index (χ4n) is 4.64. The molecule has 0 unspecified atom stereocenters. The predicted molar refractivity (Wildman–Crippen MR) is 126 cm³/mol. The van der Waals surface area contributed by atoms with Crippen molar-refractivity contribution in [3.05, 3.63) is 64.4 Å². The average molecular weight is 499 g/mol. The second kappa shape index (κ2) is 9.45. The molecule has 3 aromatic rings. The molecule has 2 aliphatic rings. The number of hydrogen-bond acceptors (Lipinski definition) is 8. The van der Waals surface area contributed by atoms with Crippen molar-refractivity contribution in [2.45, 2.75) is 51.2 Å². The van der Waals surface area contributed by atoms with Crippen LogP contribution < -0.4 is 5.73 Å². The van der Waals surface area contributed by atoms with Crippen molar-refractivity contribution < 1.29 is 22.5 Å². The van der Waals surface area contributed by atoms with E-state index in [1.165, 1.54) is 12.4 Å². The van der Waals surface area contributed by atoms with Crippen molar-refractivity contribution in [3.8, 4) is 0 Å². The zero-order valence-electron chi connectivity index (χ0n) is 19.7. The molecule has 0 spiro atoms. The van der Waals surface area contributed by atoms with Crippen LogP contribution in [0, 0.1) is 0 Å². The third-order valence-electron chi connectivity index (χ3n) is 6.65. The van der Waals surface area contributed by atoms with E-state index in [1.807, 2.05) is 6.92 Å². The van der Waals surface area contributed by atoms with Crippen LogP contribution in [0.4, 0.5) is 24.7 Å². The van der Waals surface area contributed by atoms with Gasteiger partial charge in [0, 0.05) is 36.9 Å². The van der Waals surface area contributed by atoms with E-state index in [0.29, 0.717) is 52.0 Å². The Labute approximate surface area is 205 Å². The SMILES string of the molecule is C[C@H](CC(=O)c1ncnc(N)c1CN1CCCC1)c1cc(C2=Nc3ccc(C(F)(F)F)cc3C2)on1. The number of anilines is 1. The molecule has 11 heteroatoms. The van der Waals surface area contributed by atoms with Gasteiger partial charge in [-0.05, 0) is 49.7 Å². The van der Waals surface area contributed by atoms with Gasteiger partial charge in [-0.15, -0.1) is 0 Å². The number of nitrogens with two attached hydrogens (primary N) is 1. The fourth-order valence-corrected chi connectivity index (χ4v) is 4.64. The number of hydrogen-bond donors (Lipinski definition) is 1. The van der Waals surface area contributed by atoms with Gasteiger partial charge in [0.25, 0.3) is 0 Å². The first kappa shape index (κ1) is 24.1. The van der Waals surface area contributed by atoms with Crippen molar-refractivity contribution in [1.29, 1.82) is 0 Å². The van der Waals surface area contributed by atoms with Crippen molar-refractivity contribution in [2.75, 3.05) is 18.8 Å². The number of nitrogens with zero attached hydrogens (tertiary/aromatic N) is 5. The zero-order chi connectivity index (χ0) is 25.4. The lowest BCUT2D eigenvalue weighted by Crippen LogP contribution is -2.23. The third-order valence-corrected chi connectivity index (χ3v) is 6.65. The van der Waals surface area contributed by atoms with Gasteiger partial charge >= 0.3 is 6.18 Å². The molecule has 0 saturated carbocycles. The van der Waals surface area contributed by atoms with Gasteiger partial charge in [0.15, 0.2) is 11.5 Å². The summed E-state index contributed by atoms with van der Waals surface area (Å²) in [5.41, 5.74) is 8.35. The molecule has 1 atom stereocenters. The second-order valence-electron chi connectivity index (χ2n) is 9.29. The summed E-state index contributed by atoms with van der Waals surface area (Å²) in [6, 6.07) is 5.17. The number of carbonyl (C=O) groups is 1. The Morgan fingerprint density at radius 3 is 2.72 bits per heavy atom. The molecule has 2 N–H and O–H groups in total. The van der Waals surface area contributed by atoms with E-state index < -0.39 is 11.7 Å². The number of rotatable bonds is 7. The second-order valence-corrected chi connectivity index (χ2v) is 9.29. The molecule has 1 fully saturated rings. The molecular formula is C25H25F3N6O2. The van der Waals surface area contributed by atoms with Gasteiger partial charge in [-0.3, -0.25) is 9.69 Å². The van der Waals surface area contributed by atoms with Gasteiger partial charge in [0.2, 0.25) is 0 Å².